The van der Waals surface area contributed by atoms with Crippen LogP contribution in [0.5, 0.6) is 0 Å². The number of amides is 2. The van der Waals surface area contributed by atoms with E-state index in [0.29, 0.717) is 30.6 Å². The Morgan fingerprint density at radius 3 is 2.50 bits per heavy atom. The first-order valence-corrected chi connectivity index (χ1v) is 8.37. The highest BCUT2D eigenvalue weighted by Gasteiger charge is 2.31. The third-order valence-electron chi connectivity index (χ3n) is 4.48. The average Bonchev–Trinajstić information content (AvgIpc) is 2.60. The van der Waals surface area contributed by atoms with Gasteiger partial charge in [0.25, 0.3) is 0 Å². The Labute approximate surface area is 141 Å². The first kappa shape index (κ1) is 18.0. The van der Waals surface area contributed by atoms with Crippen molar-refractivity contribution in [2.45, 2.75) is 51.5 Å². The summed E-state index contributed by atoms with van der Waals surface area (Å²) < 4.78 is 0. The zero-order valence-electron chi connectivity index (χ0n) is 14.1. The molecule has 1 fully saturated rings. The molecule has 1 aliphatic heterocycles. The third-order valence-corrected chi connectivity index (χ3v) is 4.48. The third kappa shape index (κ3) is 4.13. The standard InChI is InChI=1S/C18H24N2O4/c1-3-16(21)20-11-5-4-6-15(20)17(22)19-14-9-7-13(8-10-14)12(2)18(23)24/h7-10,12,15H,3-6,11H2,1-2H3,(H,19,22)(H,23,24). The second kappa shape index (κ2) is 7.95. The molecule has 1 aliphatic rings. The van der Waals surface area contributed by atoms with Crippen molar-refractivity contribution in [2.24, 2.45) is 0 Å². The summed E-state index contributed by atoms with van der Waals surface area (Å²) >= 11 is 0. The Balaban J connectivity index is 2.05. The van der Waals surface area contributed by atoms with Crippen molar-refractivity contribution >= 4 is 23.5 Å². The Bertz CT molecular complexity index is 612. The van der Waals surface area contributed by atoms with Crippen molar-refractivity contribution in [2.75, 3.05) is 11.9 Å². The molecule has 1 saturated heterocycles. The van der Waals surface area contributed by atoms with Crippen LogP contribution in [-0.4, -0.2) is 40.4 Å². The van der Waals surface area contributed by atoms with Crippen molar-refractivity contribution in [3.8, 4) is 0 Å². The SMILES string of the molecule is CCC(=O)N1CCCCC1C(=O)Nc1ccc(C(C)C(=O)O)cc1. The summed E-state index contributed by atoms with van der Waals surface area (Å²) in [6.07, 6.45) is 2.93. The molecule has 0 aromatic heterocycles. The molecule has 1 heterocycles. The number of nitrogens with one attached hydrogen (secondary N) is 1. The maximum Gasteiger partial charge on any atom is 0.310 e. The smallest absolute Gasteiger partial charge is 0.310 e. The molecule has 2 rings (SSSR count). The fraction of sp³-hybridized carbons (Fsp3) is 0.500. The van der Waals surface area contributed by atoms with Crippen LogP contribution in [0.1, 0.15) is 51.0 Å². The van der Waals surface area contributed by atoms with Gasteiger partial charge in [0.1, 0.15) is 6.04 Å². The summed E-state index contributed by atoms with van der Waals surface area (Å²) in [7, 11) is 0. The van der Waals surface area contributed by atoms with Gasteiger partial charge >= 0.3 is 5.97 Å². The van der Waals surface area contributed by atoms with Gasteiger partial charge in [-0.1, -0.05) is 19.1 Å². The van der Waals surface area contributed by atoms with Gasteiger partial charge < -0.3 is 15.3 Å². The number of aliphatic carboxylic acids is 1. The van der Waals surface area contributed by atoms with Gasteiger partial charge in [0, 0.05) is 18.7 Å². The van der Waals surface area contributed by atoms with Crippen molar-refractivity contribution in [1.29, 1.82) is 0 Å². The van der Waals surface area contributed by atoms with E-state index in [4.69, 9.17) is 5.11 Å². The average molecular weight is 332 g/mol. The van der Waals surface area contributed by atoms with Crippen molar-refractivity contribution < 1.29 is 19.5 Å². The van der Waals surface area contributed by atoms with Gasteiger partial charge in [-0.2, -0.15) is 0 Å². The number of carboxylic acids is 1. The van der Waals surface area contributed by atoms with Crippen molar-refractivity contribution in [3.63, 3.8) is 0 Å². The van der Waals surface area contributed by atoms with Gasteiger partial charge in [-0.15, -0.1) is 0 Å². The van der Waals surface area contributed by atoms with Gasteiger partial charge in [-0.25, -0.2) is 0 Å². The van der Waals surface area contributed by atoms with Crippen molar-refractivity contribution in [1.82, 2.24) is 4.90 Å². The summed E-state index contributed by atoms with van der Waals surface area (Å²) in [5.41, 5.74) is 1.29. The van der Waals surface area contributed by atoms with E-state index in [9.17, 15) is 14.4 Å². The normalized spacial score (nSPS) is 18.8. The topological polar surface area (TPSA) is 86.7 Å². The van der Waals surface area contributed by atoms with Gasteiger partial charge in [0.2, 0.25) is 11.8 Å². The number of benzene rings is 1. The van der Waals surface area contributed by atoms with Gasteiger partial charge in [-0.3, -0.25) is 14.4 Å². The molecular weight excluding hydrogens is 308 g/mol. The Morgan fingerprint density at radius 1 is 1.25 bits per heavy atom. The summed E-state index contributed by atoms with van der Waals surface area (Å²) in [6, 6.07) is 6.36. The van der Waals surface area contributed by atoms with E-state index in [1.54, 1.807) is 43.0 Å². The molecule has 2 unspecified atom stereocenters. The minimum atomic E-state index is -0.886. The quantitative estimate of drug-likeness (QED) is 0.868. The van der Waals surface area contributed by atoms with E-state index in [-0.39, 0.29) is 11.8 Å². The minimum Gasteiger partial charge on any atom is -0.481 e. The van der Waals surface area contributed by atoms with E-state index in [0.717, 1.165) is 12.8 Å². The lowest BCUT2D eigenvalue weighted by molar-refractivity contribution is -0.140. The van der Waals surface area contributed by atoms with E-state index in [1.165, 1.54) is 0 Å². The molecule has 0 saturated carbocycles. The highest BCUT2D eigenvalue weighted by Crippen LogP contribution is 2.21. The van der Waals surface area contributed by atoms with Crippen molar-refractivity contribution in [3.05, 3.63) is 29.8 Å². The van der Waals surface area contributed by atoms with Gasteiger partial charge in [0.05, 0.1) is 5.92 Å². The van der Waals surface area contributed by atoms with E-state index >= 15 is 0 Å². The fourth-order valence-corrected chi connectivity index (χ4v) is 2.93. The monoisotopic (exact) mass is 332 g/mol. The number of nitrogens with zero attached hydrogens (tertiary/aromatic N) is 1. The van der Waals surface area contributed by atoms with E-state index < -0.39 is 17.9 Å². The molecule has 0 spiro atoms. The lowest BCUT2D eigenvalue weighted by Crippen LogP contribution is -2.49. The number of carboxylic acid groups (broad SMARTS) is 1. The van der Waals surface area contributed by atoms with Crippen LogP contribution in [0.4, 0.5) is 5.69 Å². The van der Waals surface area contributed by atoms with Gasteiger partial charge in [-0.05, 0) is 43.9 Å². The number of anilines is 1. The van der Waals surface area contributed by atoms with E-state index in [1.807, 2.05) is 0 Å². The lowest BCUT2D eigenvalue weighted by Gasteiger charge is -2.34. The summed E-state index contributed by atoms with van der Waals surface area (Å²) in [6.45, 7) is 4.04. The molecule has 1 aromatic carbocycles. The first-order chi connectivity index (χ1) is 11.4. The second-order valence-electron chi connectivity index (χ2n) is 6.12. The number of piperidine rings is 1. The minimum absolute atomic E-state index is 0.000445. The highest BCUT2D eigenvalue weighted by atomic mass is 16.4. The number of hydrogen-bond donors (Lipinski definition) is 2. The van der Waals surface area contributed by atoms with Crippen LogP contribution in [-0.2, 0) is 14.4 Å². The van der Waals surface area contributed by atoms with Crippen LogP contribution < -0.4 is 5.32 Å². The summed E-state index contributed by atoms with van der Waals surface area (Å²) in [5.74, 6) is -1.66. The van der Waals surface area contributed by atoms with Crippen LogP contribution in [0.25, 0.3) is 0 Å². The molecule has 0 radical (unpaired) electrons. The number of likely N-dealkylation sites (tertiary alicyclic amines) is 1. The number of hydrogen-bond acceptors (Lipinski definition) is 3. The molecule has 0 aliphatic carbocycles. The Morgan fingerprint density at radius 2 is 1.92 bits per heavy atom. The molecular formula is C18H24N2O4. The molecule has 6 nitrogen and oxygen atoms in total. The molecule has 6 heteroatoms. The fourth-order valence-electron chi connectivity index (χ4n) is 2.93. The van der Waals surface area contributed by atoms with Crippen LogP contribution in [0.15, 0.2) is 24.3 Å². The molecule has 2 N–H and O–H groups in total. The lowest BCUT2D eigenvalue weighted by atomic mass is 10.00. The number of rotatable bonds is 5. The molecule has 2 amide bonds. The molecule has 130 valence electrons. The predicted octanol–water partition coefficient (Wildman–Crippen LogP) is 2.60. The molecule has 24 heavy (non-hydrogen) atoms. The van der Waals surface area contributed by atoms with Gasteiger partial charge in [0.15, 0.2) is 0 Å². The summed E-state index contributed by atoms with van der Waals surface area (Å²) in [5, 5.41) is 11.9. The molecule has 0 bridgehead atoms. The predicted molar refractivity (Wildman–Crippen MR) is 90.8 cm³/mol. The van der Waals surface area contributed by atoms with Crippen LogP contribution in [0, 0.1) is 0 Å². The zero-order valence-corrected chi connectivity index (χ0v) is 14.1. The first-order valence-electron chi connectivity index (χ1n) is 8.37. The molecule has 2 atom stereocenters. The Kier molecular flexibility index (Phi) is 5.95. The largest absolute Gasteiger partial charge is 0.481 e. The highest BCUT2D eigenvalue weighted by molar-refractivity contribution is 5.97. The zero-order chi connectivity index (χ0) is 17.7. The maximum absolute atomic E-state index is 12.5. The van der Waals surface area contributed by atoms with Crippen LogP contribution >= 0.6 is 0 Å². The van der Waals surface area contributed by atoms with E-state index in [2.05, 4.69) is 5.32 Å². The maximum atomic E-state index is 12.5. The van der Waals surface area contributed by atoms with Crippen LogP contribution in [0.3, 0.4) is 0 Å². The molecule has 1 aromatic rings. The second-order valence-corrected chi connectivity index (χ2v) is 6.12. The number of carbonyl (C=O) groups is 3. The number of carbonyl (C=O) groups excluding carboxylic acids is 2. The Hall–Kier alpha value is -2.37. The van der Waals surface area contributed by atoms with Crippen LogP contribution in [0.2, 0.25) is 0 Å². The summed E-state index contributed by atoms with van der Waals surface area (Å²) in [4.78, 5) is 37.2.